The number of benzene rings is 2. The van der Waals surface area contributed by atoms with Crippen molar-refractivity contribution >= 4 is 56.8 Å². The summed E-state index contributed by atoms with van der Waals surface area (Å²) >= 11 is 12.8. The number of anilines is 1. The fraction of sp³-hybridized carbons (Fsp3) is 0.0455. The lowest BCUT2D eigenvalue weighted by Gasteiger charge is -2.09. The van der Waals surface area contributed by atoms with Crippen LogP contribution in [0.3, 0.4) is 0 Å². The van der Waals surface area contributed by atoms with Crippen LogP contribution in [0.4, 0.5) is 5.69 Å². The van der Waals surface area contributed by atoms with Crippen LogP contribution in [0.2, 0.25) is 5.02 Å². The summed E-state index contributed by atoms with van der Waals surface area (Å²) in [5.74, 6) is 0.940. The van der Waals surface area contributed by atoms with Gasteiger partial charge >= 0.3 is 0 Å². The Labute approximate surface area is 202 Å². The molecule has 0 saturated heterocycles. The maximum absolute atomic E-state index is 12.6. The highest BCUT2D eigenvalue weighted by atomic mass is 35.5. The fourth-order valence-corrected chi connectivity index (χ4v) is 4.43. The molecule has 0 atom stereocenters. The number of nitrogens with one attached hydrogen (secondary N) is 2. The first-order chi connectivity index (χ1) is 16.0. The largest absolute Gasteiger partial charge is 0.451 e. The standard InChI is InChI=1S/C22H15ClN6O2S2/c1-12-26-27-22-29(12)28-20(33-22)14-5-3-7-16(11-14)24-21(32)25-19(30)18-9-8-17(31-18)13-4-2-6-15(23)10-13/h2-11H,1H3,(H2,24,25,30,32). The third kappa shape index (κ3) is 4.49. The van der Waals surface area contributed by atoms with Crippen LogP contribution in [-0.4, -0.2) is 30.8 Å². The number of halogens is 1. The van der Waals surface area contributed by atoms with Crippen molar-refractivity contribution in [3.05, 3.63) is 77.3 Å². The Morgan fingerprint density at radius 2 is 1.91 bits per heavy atom. The molecule has 5 rings (SSSR count). The molecule has 5 aromatic rings. The summed E-state index contributed by atoms with van der Waals surface area (Å²) < 4.78 is 7.37. The Hall–Kier alpha value is -3.60. The summed E-state index contributed by atoms with van der Waals surface area (Å²) in [6.45, 7) is 1.85. The van der Waals surface area contributed by atoms with E-state index in [1.54, 1.807) is 28.8 Å². The lowest BCUT2D eigenvalue weighted by molar-refractivity contribution is 0.0951. The van der Waals surface area contributed by atoms with Crippen LogP contribution < -0.4 is 10.6 Å². The zero-order chi connectivity index (χ0) is 22.9. The smallest absolute Gasteiger partial charge is 0.293 e. The van der Waals surface area contributed by atoms with E-state index in [0.717, 1.165) is 26.9 Å². The summed E-state index contributed by atoms with van der Waals surface area (Å²) in [5.41, 5.74) is 2.38. The zero-order valence-electron chi connectivity index (χ0n) is 17.1. The highest BCUT2D eigenvalue weighted by molar-refractivity contribution is 7.80. The molecule has 0 unspecified atom stereocenters. The molecule has 1 amide bonds. The minimum Gasteiger partial charge on any atom is -0.451 e. The molecule has 3 heterocycles. The van der Waals surface area contributed by atoms with Crippen molar-refractivity contribution < 1.29 is 9.21 Å². The lowest BCUT2D eigenvalue weighted by atomic mass is 10.2. The van der Waals surface area contributed by atoms with Crippen LogP contribution in [0.15, 0.2) is 65.1 Å². The van der Waals surface area contributed by atoms with Crippen molar-refractivity contribution in [2.24, 2.45) is 0 Å². The van der Waals surface area contributed by atoms with E-state index in [2.05, 4.69) is 25.9 Å². The molecule has 0 radical (unpaired) electrons. The van der Waals surface area contributed by atoms with Gasteiger partial charge in [-0.15, -0.1) is 10.2 Å². The van der Waals surface area contributed by atoms with Crippen LogP contribution >= 0.6 is 35.2 Å². The molecule has 33 heavy (non-hydrogen) atoms. The third-order valence-corrected chi connectivity index (χ3v) is 6.07. The van der Waals surface area contributed by atoms with Crippen LogP contribution in [0, 0.1) is 6.92 Å². The molecular weight excluding hydrogens is 480 g/mol. The minimum absolute atomic E-state index is 0.137. The molecule has 164 valence electrons. The van der Waals surface area contributed by atoms with Gasteiger partial charge in [-0.05, 0) is 55.5 Å². The minimum atomic E-state index is -0.457. The van der Waals surface area contributed by atoms with E-state index in [0.29, 0.717) is 16.5 Å². The van der Waals surface area contributed by atoms with E-state index < -0.39 is 5.91 Å². The van der Waals surface area contributed by atoms with Crippen molar-refractivity contribution in [3.63, 3.8) is 0 Å². The third-order valence-electron chi connectivity index (χ3n) is 4.68. The molecule has 2 aromatic carbocycles. The predicted octanol–water partition coefficient (Wildman–Crippen LogP) is 5.20. The van der Waals surface area contributed by atoms with Gasteiger partial charge in [0.25, 0.3) is 5.91 Å². The molecule has 0 bridgehead atoms. The van der Waals surface area contributed by atoms with Crippen LogP contribution in [0.5, 0.6) is 0 Å². The van der Waals surface area contributed by atoms with E-state index >= 15 is 0 Å². The molecule has 3 aromatic heterocycles. The second kappa shape index (κ2) is 8.74. The van der Waals surface area contributed by atoms with E-state index in [1.165, 1.54) is 11.3 Å². The summed E-state index contributed by atoms with van der Waals surface area (Å²) in [5, 5.41) is 19.8. The number of fused-ring (bicyclic) bond motifs is 1. The van der Waals surface area contributed by atoms with Gasteiger partial charge in [-0.1, -0.05) is 47.2 Å². The number of furan rings is 1. The molecule has 0 aliphatic heterocycles. The first kappa shape index (κ1) is 21.3. The van der Waals surface area contributed by atoms with E-state index in [4.69, 9.17) is 28.2 Å². The van der Waals surface area contributed by atoms with Gasteiger partial charge in [-0.3, -0.25) is 10.1 Å². The first-order valence-electron chi connectivity index (χ1n) is 9.74. The Morgan fingerprint density at radius 3 is 2.73 bits per heavy atom. The highest BCUT2D eigenvalue weighted by Gasteiger charge is 2.15. The number of thiocarbonyl (C=S) groups is 1. The monoisotopic (exact) mass is 494 g/mol. The number of nitrogens with zero attached hydrogens (tertiary/aromatic N) is 4. The van der Waals surface area contributed by atoms with Gasteiger partial charge in [0.15, 0.2) is 16.7 Å². The van der Waals surface area contributed by atoms with E-state index in [1.807, 2.05) is 43.3 Å². The maximum atomic E-state index is 12.6. The topological polar surface area (TPSA) is 97.3 Å². The van der Waals surface area contributed by atoms with Gasteiger partial charge in [0.1, 0.15) is 10.8 Å². The number of amides is 1. The second-order valence-corrected chi connectivity index (χ2v) is 8.81. The van der Waals surface area contributed by atoms with Crippen molar-refractivity contribution in [1.82, 2.24) is 25.1 Å². The summed E-state index contributed by atoms with van der Waals surface area (Å²) in [6.07, 6.45) is 0. The van der Waals surface area contributed by atoms with E-state index in [-0.39, 0.29) is 10.9 Å². The van der Waals surface area contributed by atoms with Crippen LogP contribution in [0.25, 0.3) is 26.9 Å². The molecular formula is C22H15ClN6O2S2. The lowest BCUT2D eigenvalue weighted by Crippen LogP contribution is -2.33. The number of rotatable bonds is 4. The molecule has 8 nitrogen and oxygen atoms in total. The summed E-state index contributed by atoms with van der Waals surface area (Å²) in [6, 6.07) is 18.0. The number of aryl methyl sites for hydroxylation is 1. The average molecular weight is 495 g/mol. The van der Waals surface area contributed by atoms with E-state index in [9.17, 15) is 4.79 Å². The first-order valence-corrected chi connectivity index (χ1v) is 11.3. The van der Waals surface area contributed by atoms with Crippen LogP contribution in [0.1, 0.15) is 16.4 Å². The molecule has 0 saturated carbocycles. The van der Waals surface area contributed by atoms with Crippen molar-refractivity contribution in [2.45, 2.75) is 6.92 Å². The number of hydrogen-bond acceptors (Lipinski definition) is 7. The zero-order valence-corrected chi connectivity index (χ0v) is 19.5. The van der Waals surface area contributed by atoms with Crippen molar-refractivity contribution in [3.8, 4) is 21.9 Å². The maximum Gasteiger partial charge on any atom is 0.293 e. The van der Waals surface area contributed by atoms with Gasteiger partial charge in [-0.25, -0.2) is 0 Å². The predicted molar refractivity (Wildman–Crippen MR) is 132 cm³/mol. The number of hydrogen-bond donors (Lipinski definition) is 2. The molecule has 0 aliphatic carbocycles. The average Bonchev–Trinajstić information content (AvgIpc) is 3.52. The molecule has 0 aliphatic rings. The number of carbonyl (C=O) groups is 1. The highest BCUT2D eigenvalue weighted by Crippen LogP contribution is 2.28. The van der Waals surface area contributed by atoms with Gasteiger partial charge in [0.05, 0.1) is 0 Å². The van der Waals surface area contributed by atoms with Crippen LogP contribution in [-0.2, 0) is 0 Å². The van der Waals surface area contributed by atoms with Gasteiger partial charge < -0.3 is 9.73 Å². The summed E-state index contributed by atoms with van der Waals surface area (Å²) in [7, 11) is 0. The molecule has 0 fully saturated rings. The Kier molecular flexibility index (Phi) is 5.63. The molecule has 11 heteroatoms. The second-order valence-electron chi connectivity index (χ2n) is 7.01. The van der Waals surface area contributed by atoms with Crippen molar-refractivity contribution in [2.75, 3.05) is 5.32 Å². The Morgan fingerprint density at radius 1 is 1.09 bits per heavy atom. The van der Waals surface area contributed by atoms with Crippen molar-refractivity contribution in [1.29, 1.82) is 0 Å². The number of aromatic nitrogens is 4. The normalized spacial score (nSPS) is 11.0. The SMILES string of the molecule is Cc1nnc2sc(-c3cccc(NC(=S)NC(=O)c4ccc(-c5cccc(Cl)c5)o4)c3)nn12. The van der Waals surface area contributed by atoms with Gasteiger partial charge in [0, 0.05) is 21.8 Å². The molecule has 2 N–H and O–H groups in total. The number of carbonyl (C=O) groups excluding carboxylic acids is 1. The van der Waals surface area contributed by atoms with Gasteiger partial charge in [-0.2, -0.15) is 9.61 Å². The fourth-order valence-electron chi connectivity index (χ4n) is 3.15. The quantitative estimate of drug-likeness (QED) is 0.331. The summed E-state index contributed by atoms with van der Waals surface area (Å²) in [4.78, 5) is 13.3. The molecule has 0 spiro atoms. The Balaban J connectivity index is 1.26. The van der Waals surface area contributed by atoms with Gasteiger partial charge in [0.2, 0.25) is 4.96 Å². The Bertz CT molecular complexity index is 1510.